The molecule has 0 unspecified atom stereocenters. The molecule has 0 saturated heterocycles. The molecule has 0 amide bonds. The standard InChI is InChI=1S/C25H22N2/c1-2-8-19-12-14-20(15-13-19)22-17-24(21-9-4-3-5-10-21)27-25(18-22)23-11-6-7-16-26-23/h3-7,9-18H,2,8H2,1H3. The summed E-state index contributed by atoms with van der Waals surface area (Å²) >= 11 is 0. The Hall–Kier alpha value is -3.26. The minimum atomic E-state index is 0.888. The summed E-state index contributed by atoms with van der Waals surface area (Å²) < 4.78 is 0. The molecule has 0 fully saturated rings. The van der Waals surface area contributed by atoms with Gasteiger partial charge in [-0.25, -0.2) is 4.98 Å². The number of benzene rings is 2. The van der Waals surface area contributed by atoms with Gasteiger partial charge in [0.25, 0.3) is 0 Å². The van der Waals surface area contributed by atoms with E-state index in [4.69, 9.17) is 4.98 Å². The molecule has 2 nitrogen and oxygen atoms in total. The van der Waals surface area contributed by atoms with Crippen LogP contribution in [0.5, 0.6) is 0 Å². The van der Waals surface area contributed by atoms with Gasteiger partial charge in [0.2, 0.25) is 0 Å². The van der Waals surface area contributed by atoms with Crippen LogP contribution in [0, 0.1) is 0 Å². The van der Waals surface area contributed by atoms with Crippen molar-refractivity contribution in [2.75, 3.05) is 0 Å². The van der Waals surface area contributed by atoms with Crippen LogP contribution in [0.25, 0.3) is 33.8 Å². The smallest absolute Gasteiger partial charge is 0.0899 e. The molecule has 0 aliphatic heterocycles. The third kappa shape index (κ3) is 3.95. The molecule has 0 aliphatic carbocycles. The molecule has 2 heterocycles. The van der Waals surface area contributed by atoms with Gasteiger partial charge in [-0.1, -0.05) is 74.0 Å². The van der Waals surface area contributed by atoms with E-state index >= 15 is 0 Å². The highest BCUT2D eigenvalue weighted by Gasteiger charge is 2.09. The topological polar surface area (TPSA) is 25.8 Å². The van der Waals surface area contributed by atoms with Gasteiger partial charge >= 0.3 is 0 Å². The van der Waals surface area contributed by atoms with Crippen molar-refractivity contribution >= 4 is 0 Å². The fourth-order valence-corrected chi connectivity index (χ4v) is 3.25. The van der Waals surface area contributed by atoms with Crippen LogP contribution in [0.15, 0.2) is 91.1 Å². The second kappa shape index (κ2) is 7.96. The lowest BCUT2D eigenvalue weighted by Gasteiger charge is -2.10. The van der Waals surface area contributed by atoms with E-state index in [-0.39, 0.29) is 0 Å². The summed E-state index contributed by atoms with van der Waals surface area (Å²) in [7, 11) is 0. The molecule has 0 bridgehead atoms. The fraction of sp³-hybridized carbons (Fsp3) is 0.120. The zero-order valence-electron chi connectivity index (χ0n) is 15.5. The lowest BCUT2D eigenvalue weighted by molar-refractivity contribution is 0.922. The van der Waals surface area contributed by atoms with Crippen LogP contribution in [0.4, 0.5) is 0 Å². The van der Waals surface area contributed by atoms with Crippen molar-refractivity contribution in [1.29, 1.82) is 0 Å². The largest absolute Gasteiger partial charge is 0.255 e. The maximum Gasteiger partial charge on any atom is 0.0899 e. The average Bonchev–Trinajstić information content (AvgIpc) is 2.75. The van der Waals surface area contributed by atoms with Crippen LogP contribution in [0.2, 0.25) is 0 Å². The number of aryl methyl sites for hydroxylation is 1. The van der Waals surface area contributed by atoms with Crippen molar-refractivity contribution in [2.24, 2.45) is 0 Å². The van der Waals surface area contributed by atoms with E-state index in [1.54, 1.807) is 0 Å². The molecule has 0 radical (unpaired) electrons. The maximum atomic E-state index is 4.88. The number of rotatable bonds is 5. The summed E-state index contributed by atoms with van der Waals surface area (Å²) in [6, 6.07) is 29.4. The third-order valence-corrected chi connectivity index (χ3v) is 4.65. The van der Waals surface area contributed by atoms with Crippen LogP contribution < -0.4 is 0 Å². The molecule has 4 aromatic rings. The van der Waals surface area contributed by atoms with E-state index < -0.39 is 0 Å². The van der Waals surface area contributed by atoms with E-state index in [0.29, 0.717) is 0 Å². The molecule has 0 atom stereocenters. The minimum absolute atomic E-state index is 0.888. The quantitative estimate of drug-likeness (QED) is 0.414. The zero-order valence-corrected chi connectivity index (χ0v) is 15.5. The van der Waals surface area contributed by atoms with E-state index in [1.165, 1.54) is 11.1 Å². The van der Waals surface area contributed by atoms with Crippen LogP contribution in [-0.4, -0.2) is 9.97 Å². The molecule has 0 saturated carbocycles. The second-order valence-corrected chi connectivity index (χ2v) is 6.65. The molecular weight excluding hydrogens is 328 g/mol. The minimum Gasteiger partial charge on any atom is -0.255 e. The van der Waals surface area contributed by atoms with Crippen LogP contribution in [0.1, 0.15) is 18.9 Å². The van der Waals surface area contributed by atoms with Crippen LogP contribution in [-0.2, 0) is 6.42 Å². The van der Waals surface area contributed by atoms with Gasteiger partial charge < -0.3 is 0 Å². The Kier molecular flexibility index (Phi) is 5.06. The Morgan fingerprint density at radius 1 is 0.630 bits per heavy atom. The Morgan fingerprint density at radius 2 is 1.37 bits per heavy atom. The Labute approximate surface area is 160 Å². The maximum absolute atomic E-state index is 4.88. The summed E-state index contributed by atoms with van der Waals surface area (Å²) in [6.45, 7) is 2.21. The average molecular weight is 350 g/mol. The molecule has 2 aromatic heterocycles. The highest BCUT2D eigenvalue weighted by Crippen LogP contribution is 2.29. The van der Waals surface area contributed by atoms with Crippen molar-refractivity contribution in [3.63, 3.8) is 0 Å². The monoisotopic (exact) mass is 350 g/mol. The first-order chi connectivity index (χ1) is 13.3. The second-order valence-electron chi connectivity index (χ2n) is 6.65. The number of pyridine rings is 2. The first-order valence-corrected chi connectivity index (χ1v) is 9.42. The predicted molar refractivity (Wildman–Crippen MR) is 112 cm³/mol. The molecule has 0 N–H and O–H groups in total. The van der Waals surface area contributed by atoms with Gasteiger partial charge in [-0.15, -0.1) is 0 Å². The van der Waals surface area contributed by atoms with Gasteiger partial charge in [0.15, 0.2) is 0 Å². The Morgan fingerprint density at radius 3 is 2.07 bits per heavy atom. The summed E-state index contributed by atoms with van der Waals surface area (Å²) in [5.41, 5.74) is 7.59. The van der Waals surface area contributed by atoms with Gasteiger partial charge in [-0.3, -0.25) is 4.98 Å². The summed E-state index contributed by atoms with van der Waals surface area (Å²) in [5.74, 6) is 0. The Balaban J connectivity index is 1.83. The van der Waals surface area contributed by atoms with Crippen LogP contribution >= 0.6 is 0 Å². The van der Waals surface area contributed by atoms with E-state index in [9.17, 15) is 0 Å². The SMILES string of the molecule is CCCc1ccc(-c2cc(-c3ccccc3)nc(-c3ccccn3)c2)cc1. The number of nitrogens with zero attached hydrogens (tertiary/aromatic N) is 2. The molecule has 2 heteroatoms. The zero-order chi connectivity index (χ0) is 18.5. The molecule has 0 spiro atoms. The molecule has 4 rings (SSSR count). The highest BCUT2D eigenvalue weighted by molar-refractivity contribution is 5.75. The number of hydrogen-bond donors (Lipinski definition) is 0. The Bertz CT molecular complexity index is 949. The fourth-order valence-electron chi connectivity index (χ4n) is 3.25. The summed E-state index contributed by atoms with van der Waals surface area (Å²) in [6.07, 6.45) is 4.09. The molecule has 132 valence electrons. The molecule has 27 heavy (non-hydrogen) atoms. The number of aromatic nitrogens is 2. The molecular formula is C25H22N2. The van der Waals surface area contributed by atoms with Gasteiger partial charge in [0.05, 0.1) is 17.1 Å². The first-order valence-electron chi connectivity index (χ1n) is 9.42. The van der Waals surface area contributed by atoms with Gasteiger partial charge in [-0.05, 0) is 47.4 Å². The third-order valence-electron chi connectivity index (χ3n) is 4.65. The summed E-state index contributed by atoms with van der Waals surface area (Å²) in [5, 5.41) is 0. The van der Waals surface area contributed by atoms with Crippen molar-refractivity contribution in [3.8, 4) is 33.8 Å². The van der Waals surface area contributed by atoms with Gasteiger partial charge in [0.1, 0.15) is 0 Å². The lowest BCUT2D eigenvalue weighted by atomic mass is 9.99. The van der Waals surface area contributed by atoms with Crippen LogP contribution in [0.3, 0.4) is 0 Å². The molecule has 2 aromatic carbocycles. The van der Waals surface area contributed by atoms with Crippen molar-refractivity contribution in [1.82, 2.24) is 9.97 Å². The molecule has 0 aliphatic rings. The highest BCUT2D eigenvalue weighted by atomic mass is 14.8. The van der Waals surface area contributed by atoms with Crippen molar-refractivity contribution in [2.45, 2.75) is 19.8 Å². The summed E-state index contributed by atoms with van der Waals surface area (Å²) in [4.78, 5) is 9.38. The number of hydrogen-bond acceptors (Lipinski definition) is 2. The normalized spacial score (nSPS) is 10.7. The van der Waals surface area contributed by atoms with Crippen molar-refractivity contribution < 1.29 is 0 Å². The van der Waals surface area contributed by atoms with E-state index in [0.717, 1.165) is 41.1 Å². The van der Waals surface area contributed by atoms with E-state index in [2.05, 4.69) is 60.4 Å². The van der Waals surface area contributed by atoms with Gasteiger partial charge in [-0.2, -0.15) is 0 Å². The van der Waals surface area contributed by atoms with Crippen molar-refractivity contribution in [3.05, 3.63) is 96.7 Å². The lowest BCUT2D eigenvalue weighted by Crippen LogP contribution is -1.93. The van der Waals surface area contributed by atoms with Gasteiger partial charge in [0, 0.05) is 11.8 Å². The first kappa shape index (κ1) is 17.2. The van der Waals surface area contributed by atoms with E-state index in [1.807, 2.05) is 42.6 Å². The predicted octanol–water partition coefficient (Wildman–Crippen LogP) is 6.43.